The van der Waals surface area contributed by atoms with Crippen molar-refractivity contribution in [3.63, 3.8) is 0 Å². The van der Waals surface area contributed by atoms with Crippen LogP contribution in [0.5, 0.6) is 11.5 Å². The fraction of sp³-hybridized carbons (Fsp3) is 0.556. The fourth-order valence-corrected chi connectivity index (χ4v) is 3.26. The van der Waals surface area contributed by atoms with Gasteiger partial charge in [-0.25, -0.2) is 0 Å². The third-order valence-corrected chi connectivity index (χ3v) is 5.01. The van der Waals surface area contributed by atoms with E-state index in [1.807, 2.05) is 32.0 Å². The van der Waals surface area contributed by atoms with Crippen molar-refractivity contribution in [1.29, 1.82) is 0 Å². The van der Waals surface area contributed by atoms with E-state index in [1.165, 1.54) is 0 Å². The van der Waals surface area contributed by atoms with E-state index in [1.54, 1.807) is 14.2 Å². The zero-order valence-electron chi connectivity index (χ0n) is 14.8. The van der Waals surface area contributed by atoms with Crippen molar-refractivity contribution in [3.8, 4) is 11.5 Å². The minimum Gasteiger partial charge on any atom is -0.493 e. The Bertz CT molecular complexity index is 718. The molecule has 0 bridgehead atoms. The van der Waals surface area contributed by atoms with E-state index < -0.39 is 11.0 Å². The monoisotopic (exact) mass is 331 g/mol. The number of benzene rings is 1. The molecular weight excluding hydrogens is 306 g/mol. The van der Waals surface area contributed by atoms with Crippen LogP contribution in [-0.4, -0.2) is 24.4 Å². The Morgan fingerprint density at radius 2 is 1.79 bits per heavy atom. The molecule has 0 amide bonds. The highest BCUT2D eigenvalue weighted by Crippen LogP contribution is 2.39. The molecule has 3 rings (SSSR count). The number of hydrogen-bond acceptors (Lipinski definition) is 6. The molecule has 0 saturated heterocycles. The van der Waals surface area contributed by atoms with Gasteiger partial charge in [0.1, 0.15) is 0 Å². The first-order chi connectivity index (χ1) is 11.4. The number of hydrogen-bond donors (Lipinski definition) is 1. The summed E-state index contributed by atoms with van der Waals surface area (Å²) >= 11 is 0. The standard InChI is InChI=1S/C18H25N3O3/c1-17(2,12-7-8-13(22-3)14(11-12)23-4)16-20-15(21-24-16)18(19)9-5-6-10-18/h7-8,11H,5-6,9-10,19H2,1-4H3. The van der Waals surface area contributed by atoms with Gasteiger partial charge < -0.3 is 19.7 Å². The Hall–Kier alpha value is -2.08. The SMILES string of the molecule is COc1ccc(C(C)(C)c2nc(C3(N)CCCC3)no2)cc1OC. The van der Waals surface area contributed by atoms with Crippen LogP contribution in [0.15, 0.2) is 22.7 Å². The summed E-state index contributed by atoms with van der Waals surface area (Å²) < 4.78 is 16.3. The zero-order valence-corrected chi connectivity index (χ0v) is 14.8. The van der Waals surface area contributed by atoms with E-state index >= 15 is 0 Å². The molecule has 1 aromatic carbocycles. The van der Waals surface area contributed by atoms with Crippen LogP contribution >= 0.6 is 0 Å². The number of nitrogens with zero attached hydrogens (tertiary/aromatic N) is 2. The molecule has 130 valence electrons. The number of rotatable bonds is 5. The summed E-state index contributed by atoms with van der Waals surface area (Å²) in [5.74, 6) is 2.54. The lowest BCUT2D eigenvalue weighted by Gasteiger charge is -2.22. The van der Waals surface area contributed by atoms with Crippen molar-refractivity contribution in [2.24, 2.45) is 5.73 Å². The fourth-order valence-electron chi connectivity index (χ4n) is 3.26. The van der Waals surface area contributed by atoms with Crippen LogP contribution in [0.2, 0.25) is 0 Å². The highest BCUT2D eigenvalue weighted by atomic mass is 16.5. The molecular formula is C18H25N3O3. The van der Waals surface area contributed by atoms with E-state index in [2.05, 4.69) is 10.1 Å². The highest BCUT2D eigenvalue weighted by Gasteiger charge is 2.38. The number of nitrogens with two attached hydrogens (primary N) is 1. The molecule has 2 N–H and O–H groups in total. The van der Waals surface area contributed by atoms with E-state index in [9.17, 15) is 0 Å². The summed E-state index contributed by atoms with van der Waals surface area (Å²) in [4.78, 5) is 4.64. The number of aromatic nitrogens is 2. The Labute approximate surface area is 142 Å². The molecule has 0 unspecified atom stereocenters. The molecule has 1 heterocycles. The van der Waals surface area contributed by atoms with Crippen LogP contribution in [0, 0.1) is 0 Å². The van der Waals surface area contributed by atoms with Gasteiger partial charge in [-0.15, -0.1) is 0 Å². The molecule has 6 heteroatoms. The molecule has 1 fully saturated rings. The molecule has 24 heavy (non-hydrogen) atoms. The smallest absolute Gasteiger partial charge is 0.236 e. The topological polar surface area (TPSA) is 83.4 Å². The third kappa shape index (κ3) is 2.75. The van der Waals surface area contributed by atoms with Crippen LogP contribution in [0.3, 0.4) is 0 Å². The van der Waals surface area contributed by atoms with Crippen molar-refractivity contribution >= 4 is 0 Å². The normalized spacial score (nSPS) is 17.0. The van der Waals surface area contributed by atoms with E-state index in [0.717, 1.165) is 31.2 Å². The molecule has 0 atom stereocenters. The second-order valence-corrected chi connectivity index (χ2v) is 6.98. The molecule has 1 aliphatic rings. The molecule has 1 aromatic heterocycles. The predicted octanol–water partition coefficient (Wildman–Crippen LogP) is 3.14. The highest BCUT2D eigenvalue weighted by molar-refractivity contribution is 5.46. The zero-order chi connectivity index (χ0) is 17.4. The Balaban J connectivity index is 1.94. The van der Waals surface area contributed by atoms with Gasteiger partial charge in [-0.3, -0.25) is 0 Å². The first-order valence-electron chi connectivity index (χ1n) is 8.27. The van der Waals surface area contributed by atoms with Gasteiger partial charge in [0.25, 0.3) is 0 Å². The number of methoxy groups -OCH3 is 2. The summed E-state index contributed by atoms with van der Waals surface area (Å²) in [5.41, 5.74) is 6.54. The summed E-state index contributed by atoms with van der Waals surface area (Å²) in [5, 5.41) is 4.17. The maximum Gasteiger partial charge on any atom is 0.236 e. The van der Waals surface area contributed by atoms with Gasteiger partial charge >= 0.3 is 0 Å². The molecule has 0 spiro atoms. The maximum atomic E-state index is 6.44. The predicted molar refractivity (Wildman–Crippen MR) is 90.3 cm³/mol. The van der Waals surface area contributed by atoms with Crippen molar-refractivity contribution in [2.75, 3.05) is 14.2 Å². The summed E-state index contributed by atoms with van der Waals surface area (Å²) in [6.07, 6.45) is 4.03. The van der Waals surface area contributed by atoms with Crippen LogP contribution < -0.4 is 15.2 Å². The van der Waals surface area contributed by atoms with Gasteiger partial charge in [0.15, 0.2) is 17.3 Å². The third-order valence-electron chi connectivity index (χ3n) is 5.01. The first-order valence-corrected chi connectivity index (χ1v) is 8.27. The Kier molecular flexibility index (Phi) is 4.25. The van der Waals surface area contributed by atoms with Crippen molar-refractivity contribution < 1.29 is 14.0 Å². The summed E-state index contributed by atoms with van der Waals surface area (Å²) in [6.45, 7) is 4.09. The summed E-state index contributed by atoms with van der Waals surface area (Å²) in [6, 6.07) is 5.81. The molecule has 2 aromatic rings. The van der Waals surface area contributed by atoms with Gasteiger partial charge in [-0.2, -0.15) is 4.98 Å². The maximum absolute atomic E-state index is 6.44. The van der Waals surface area contributed by atoms with Gasteiger partial charge in [0.05, 0.1) is 25.2 Å². The minimum absolute atomic E-state index is 0.449. The van der Waals surface area contributed by atoms with Crippen LogP contribution in [-0.2, 0) is 11.0 Å². The largest absolute Gasteiger partial charge is 0.493 e. The van der Waals surface area contributed by atoms with E-state index in [-0.39, 0.29) is 0 Å². The lowest BCUT2D eigenvalue weighted by molar-refractivity contribution is 0.317. The second kappa shape index (κ2) is 6.09. The van der Waals surface area contributed by atoms with E-state index in [4.69, 9.17) is 19.7 Å². The Morgan fingerprint density at radius 3 is 2.42 bits per heavy atom. The summed E-state index contributed by atoms with van der Waals surface area (Å²) in [7, 11) is 3.24. The Morgan fingerprint density at radius 1 is 1.12 bits per heavy atom. The molecule has 1 aliphatic carbocycles. The van der Waals surface area contributed by atoms with Crippen LogP contribution in [0.25, 0.3) is 0 Å². The van der Waals surface area contributed by atoms with Crippen LogP contribution in [0.4, 0.5) is 0 Å². The van der Waals surface area contributed by atoms with Crippen molar-refractivity contribution in [2.45, 2.75) is 50.5 Å². The number of ether oxygens (including phenoxy) is 2. The minimum atomic E-state index is -0.459. The lowest BCUT2D eigenvalue weighted by Crippen LogP contribution is -2.34. The molecule has 1 saturated carbocycles. The average molecular weight is 331 g/mol. The van der Waals surface area contributed by atoms with E-state index in [0.29, 0.717) is 23.2 Å². The first kappa shape index (κ1) is 16.8. The molecule has 0 aliphatic heterocycles. The quantitative estimate of drug-likeness (QED) is 0.906. The second-order valence-electron chi connectivity index (χ2n) is 6.98. The van der Waals surface area contributed by atoms with Crippen LogP contribution in [0.1, 0.15) is 56.8 Å². The lowest BCUT2D eigenvalue weighted by atomic mass is 9.84. The van der Waals surface area contributed by atoms with Crippen molar-refractivity contribution in [1.82, 2.24) is 10.1 Å². The van der Waals surface area contributed by atoms with Gasteiger partial charge in [-0.05, 0) is 44.4 Å². The van der Waals surface area contributed by atoms with Crippen molar-refractivity contribution in [3.05, 3.63) is 35.5 Å². The average Bonchev–Trinajstić information content (AvgIpc) is 3.24. The molecule has 0 radical (unpaired) electrons. The van der Waals surface area contributed by atoms with Gasteiger partial charge in [0, 0.05) is 0 Å². The van der Waals surface area contributed by atoms with Gasteiger partial charge in [0.2, 0.25) is 5.89 Å². The van der Waals surface area contributed by atoms with Gasteiger partial charge in [-0.1, -0.05) is 24.1 Å². The molecule has 6 nitrogen and oxygen atoms in total.